The third-order valence-electron chi connectivity index (χ3n) is 6.22. The number of carbonyl (C=O) groups is 1. The Labute approximate surface area is 162 Å². The fraction of sp³-hybridized carbons (Fsp3) is 0.500. The number of fused-ring (bicyclic) bond motifs is 1. The number of carbonyl (C=O) groups excluding carboxylic acids is 1. The topological polar surface area (TPSA) is 45.8 Å². The molecule has 0 aliphatic heterocycles. The summed E-state index contributed by atoms with van der Waals surface area (Å²) in [5.41, 5.74) is 6.70. The van der Waals surface area contributed by atoms with Crippen LogP contribution in [0, 0.1) is 11.3 Å². The summed E-state index contributed by atoms with van der Waals surface area (Å²) in [6, 6.07) is 10.5. The van der Waals surface area contributed by atoms with Crippen LogP contribution >= 0.6 is 0 Å². The second-order valence-electron chi connectivity index (χ2n) is 9.71. The van der Waals surface area contributed by atoms with E-state index in [1.54, 1.807) is 0 Å². The average molecular weight is 363 g/mol. The Morgan fingerprint density at radius 2 is 1.81 bits per heavy atom. The number of benzene rings is 1. The molecule has 27 heavy (non-hydrogen) atoms. The van der Waals surface area contributed by atoms with Crippen LogP contribution in [0.15, 0.2) is 41.5 Å². The highest BCUT2D eigenvalue weighted by Crippen LogP contribution is 2.52. The highest BCUT2D eigenvalue weighted by atomic mass is 16.1. The van der Waals surface area contributed by atoms with Crippen LogP contribution in [-0.2, 0) is 23.1 Å². The first kappa shape index (κ1) is 18.2. The van der Waals surface area contributed by atoms with Crippen molar-refractivity contribution < 1.29 is 4.79 Å². The molecule has 0 amide bonds. The highest BCUT2D eigenvalue weighted by molar-refractivity contribution is 6.01. The van der Waals surface area contributed by atoms with Gasteiger partial charge in [-0.1, -0.05) is 63.6 Å². The molecule has 0 saturated heterocycles. The van der Waals surface area contributed by atoms with Crippen molar-refractivity contribution in [2.24, 2.45) is 11.3 Å². The van der Waals surface area contributed by atoms with E-state index in [2.05, 4.69) is 64.0 Å². The number of allylic oxidation sites excluding steroid dienone is 2. The van der Waals surface area contributed by atoms with Crippen LogP contribution in [0.2, 0.25) is 0 Å². The number of Topliss-reactive ketones (excluding diaryl/α,β-unsaturated/α-hetero) is 1. The number of nitrogens with one attached hydrogen (secondary N) is 1. The van der Waals surface area contributed by atoms with Gasteiger partial charge in [0.2, 0.25) is 0 Å². The van der Waals surface area contributed by atoms with E-state index in [0.29, 0.717) is 18.1 Å². The molecule has 0 unspecified atom stereocenters. The van der Waals surface area contributed by atoms with Gasteiger partial charge in [0.25, 0.3) is 0 Å². The third kappa shape index (κ3) is 2.88. The molecule has 2 aliphatic carbocycles. The predicted octanol–water partition coefficient (Wildman–Crippen LogP) is 5.16. The van der Waals surface area contributed by atoms with Crippen molar-refractivity contribution in [2.75, 3.05) is 0 Å². The molecule has 0 spiro atoms. The van der Waals surface area contributed by atoms with E-state index in [-0.39, 0.29) is 5.41 Å². The Morgan fingerprint density at radius 3 is 2.48 bits per heavy atom. The summed E-state index contributed by atoms with van der Waals surface area (Å²) in [5, 5.41) is 8.05. The minimum Gasteiger partial charge on any atom is -0.294 e. The van der Waals surface area contributed by atoms with E-state index < -0.39 is 5.41 Å². The summed E-state index contributed by atoms with van der Waals surface area (Å²) in [5.74, 6) is 0.837. The van der Waals surface area contributed by atoms with E-state index in [0.717, 1.165) is 30.5 Å². The molecule has 3 nitrogen and oxygen atoms in total. The van der Waals surface area contributed by atoms with E-state index >= 15 is 0 Å². The minimum absolute atomic E-state index is 0.0335. The largest absolute Gasteiger partial charge is 0.294 e. The summed E-state index contributed by atoms with van der Waals surface area (Å²) in [4.78, 5) is 13.4. The minimum atomic E-state index is -0.422. The van der Waals surface area contributed by atoms with Crippen molar-refractivity contribution in [3.05, 3.63) is 64.0 Å². The second kappa shape index (κ2) is 6.19. The van der Waals surface area contributed by atoms with Gasteiger partial charge in [0, 0.05) is 35.1 Å². The van der Waals surface area contributed by atoms with Gasteiger partial charge in [-0.25, -0.2) is 0 Å². The van der Waals surface area contributed by atoms with Gasteiger partial charge in [-0.2, -0.15) is 5.10 Å². The van der Waals surface area contributed by atoms with Gasteiger partial charge in [-0.05, 0) is 36.7 Å². The lowest BCUT2D eigenvalue weighted by molar-refractivity contribution is -0.118. The van der Waals surface area contributed by atoms with Gasteiger partial charge in [0.1, 0.15) is 0 Å². The molecule has 1 atom stereocenters. The van der Waals surface area contributed by atoms with Crippen molar-refractivity contribution in [1.29, 1.82) is 0 Å². The molecule has 0 fully saturated rings. The molecule has 1 aromatic carbocycles. The molecule has 1 aromatic heterocycles. The van der Waals surface area contributed by atoms with Crippen LogP contribution in [0.25, 0.3) is 0 Å². The first-order valence-electron chi connectivity index (χ1n) is 10.1. The lowest BCUT2D eigenvalue weighted by atomic mass is 9.58. The zero-order chi connectivity index (χ0) is 19.4. The van der Waals surface area contributed by atoms with Gasteiger partial charge < -0.3 is 0 Å². The van der Waals surface area contributed by atoms with Crippen LogP contribution in [0.4, 0.5) is 0 Å². The van der Waals surface area contributed by atoms with Crippen molar-refractivity contribution in [3.63, 3.8) is 0 Å². The van der Waals surface area contributed by atoms with Crippen molar-refractivity contribution in [3.8, 4) is 0 Å². The Balaban J connectivity index is 1.98. The van der Waals surface area contributed by atoms with Crippen LogP contribution in [0.5, 0.6) is 0 Å². The molecule has 2 aromatic rings. The Kier molecular flexibility index (Phi) is 4.17. The number of ketones is 1. The average Bonchev–Trinajstić information content (AvgIpc) is 2.96. The molecule has 0 saturated carbocycles. The van der Waals surface area contributed by atoms with Crippen molar-refractivity contribution >= 4 is 5.78 Å². The molecule has 1 heterocycles. The maximum atomic E-state index is 13.4. The predicted molar refractivity (Wildman–Crippen MR) is 109 cm³/mol. The smallest absolute Gasteiger partial charge is 0.160 e. The molecule has 0 radical (unpaired) electrons. The van der Waals surface area contributed by atoms with Gasteiger partial charge >= 0.3 is 0 Å². The number of hydrogen-bond donors (Lipinski definition) is 1. The number of aromatic amines is 1. The Bertz CT molecular complexity index is 917. The monoisotopic (exact) mass is 362 g/mol. The van der Waals surface area contributed by atoms with Crippen LogP contribution in [-0.4, -0.2) is 16.0 Å². The SMILES string of the molecule is CC(C)Cc1n[nH]c2c1[C@](C)(c1ccccc1)C1=C(C2)CC(C)(C)CC1=O. The van der Waals surface area contributed by atoms with Gasteiger partial charge in [0.15, 0.2) is 5.78 Å². The maximum absolute atomic E-state index is 13.4. The van der Waals surface area contributed by atoms with E-state index in [1.165, 1.54) is 22.4 Å². The highest BCUT2D eigenvalue weighted by Gasteiger charge is 2.48. The molecular formula is C24H30N2O. The lowest BCUT2D eigenvalue weighted by Gasteiger charge is -2.44. The summed E-state index contributed by atoms with van der Waals surface area (Å²) < 4.78 is 0. The van der Waals surface area contributed by atoms with E-state index in [1.807, 2.05) is 6.07 Å². The summed E-state index contributed by atoms with van der Waals surface area (Å²) in [6.45, 7) is 11.1. The lowest BCUT2D eigenvalue weighted by Crippen LogP contribution is -2.41. The number of H-pyrrole nitrogens is 1. The normalized spacial score (nSPS) is 24.1. The number of rotatable bonds is 3. The fourth-order valence-electron chi connectivity index (χ4n) is 5.30. The molecule has 1 N–H and O–H groups in total. The van der Waals surface area contributed by atoms with Gasteiger partial charge in [0.05, 0.1) is 5.69 Å². The standard InChI is InChI=1S/C24H30N2O/c1-15(2)11-18-22-19(26-25-18)12-16-13-23(3,4)14-20(27)21(16)24(22,5)17-9-7-6-8-10-17/h6-10,15H,11-14H2,1-5H3,(H,25,26)/t24-/m1/s1. The van der Waals surface area contributed by atoms with E-state index in [9.17, 15) is 4.79 Å². The number of aromatic nitrogens is 2. The molecule has 4 rings (SSSR count). The first-order chi connectivity index (χ1) is 12.7. The zero-order valence-corrected chi connectivity index (χ0v) is 17.1. The first-order valence-corrected chi connectivity index (χ1v) is 10.1. The van der Waals surface area contributed by atoms with Crippen LogP contribution < -0.4 is 0 Å². The van der Waals surface area contributed by atoms with E-state index in [4.69, 9.17) is 5.10 Å². The third-order valence-corrected chi connectivity index (χ3v) is 6.22. The second-order valence-corrected chi connectivity index (χ2v) is 9.71. The van der Waals surface area contributed by atoms with Crippen LogP contribution in [0.1, 0.15) is 70.0 Å². The fourth-order valence-corrected chi connectivity index (χ4v) is 5.30. The quantitative estimate of drug-likeness (QED) is 0.820. The summed E-state index contributed by atoms with van der Waals surface area (Å²) in [6.07, 6.45) is 3.36. The molecular weight excluding hydrogens is 332 g/mol. The van der Waals surface area contributed by atoms with Crippen molar-refractivity contribution in [1.82, 2.24) is 10.2 Å². The maximum Gasteiger partial charge on any atom is 0.160 e. The number of nitrogens with zero attached hydrogens (tertiary/aromatic N) is 1. The molecule has 142 valence electrons. The Hall–Kier alpha value is -2.16. The van der Waals surface area contributed by atoms with Gasteiger partial charge in [-0.3, -0.25) is 9.89 Å². The van der Waals surface area contributed by atoms with Gasteiger partial charge in [-0.15, -0.1) is 0 Å². The zero-order valence-electron chi connectivity index (χ0n) is 17.1. The molecule has 2 aliphatic rings. The Morgan fingerprint density at radius 1 is 1.11 bits per heavy atom. The summed E-state index contributed by atoms with van der Waals surface area (Å²) in [7, 11) is 0. The number of hydrogen-bond acceptors (Lipinski definition) is 2. The summed E-state index contributed by atoms with van der Waals surface area (Å²) >= 11 is 0. The molecule has 0 bridgehead atoms. The van der Waals surface area contributed by atoms with Crippen LogP contribution in [0.3, 0.4) is 0 Å². The van der Waals surface area contributed by atoms with Crippen molar-refractivity contribution in [2.45, 2.75) is 65.7 Å². The molecule has 3 heteroatoms.